The van der Waals surface area contributed by atoms with Crippen molar-refractivity contribution in [2.24, 2.45) is 11.7 Å². The van der Waals surface area contributed by atoms with Gasteiger partial charge in [0.15, 0.2) is 11.6 Å². The van der Waals surface area contributed by atoms with Gasteiger partial charge in [-0.15, -0.1) is 0 Å². The fourth-order valence-electron chi connectivity index (χ4n) is 3.01. The van der Waals surface area contributed by atoms with Gasteiger partial charge in [0.05, 0.1) is 0 Å². The molecule has 1 aliphatic carbocycles. The fraction of sp³-hybridized carbons (Fsp3) is 0.583. The van der Waals surface area contributed by atoms with Gasteiger partial charge in [0.25, 0.3) is 0 Å². The summed E-state index contributed by atoms with van der Waals surface area (Å²) in [7, 11) is 0. The lowest BCUT2D eigenvalue weighted by atomic mass is 10.1. The molecule has 0 spiro atoms. The molecule has 3 rings (SSSR count). The van der Waals surface area contributed by atoms with Crippen LogP contribution in [-0.4, -0.2) is 17.6 Å². The summed E-state index contributed by atoms with van der Waals surface area (Å²) in [5.74, 6) is 1.03. The molecule has 0 radical (unpaired) electrons. The number of anilines is 1. The Morgan fingerprint density at radius 3 is 3.00 bits per heavy atom. The molecule has 2 N–H and O–H groups in total. The van der Waals surface area contributed by atoms with Crippen molar-refractivity contribution in [2.75, 3.05) is 11.4 Å². The zero-order valence-corrected chi connectivity index (χ0v) is 9.19. The second-order valence-electron chi connectivity index (χ2n) is 4.80. The number of pyridine rings is 1. The number of nitrogens with zero attached hydrogens (tertiary/aromatic N) is 2. The summed E-state index contributed by atoms with van der Waals surface area (Å²) in [5.41, 5.74) is 6.07. The van der Waals surface area contributed by atoms with Gasteiger partial charge in [-0.3, -0.25) is 0 Å². The third-order valence-electron chi connectivity index (χ3n) is 3.85. The highest BCUT2D eigenvalue weighted by Crippen LogP contribution is 2.40. The average Bonchev–Trinajstić information content (AvgIpc) is 2.91. The summed E-state index contributed by atoms with van der Waals surface area (Å²) in [6.45, 7) is 1.20. The van der Waals surface area contributed by atoms with Crippen LogP contribution in [0, 0.1) is 11.7 Å². The number of nitrogens with two attached hydrogens (primary N) is 1. The highest BCUT2D eigenvalue weighted by Gasteiger charge is 2.39. The van der Waals surface area contributed by atoms with Crippen LogP contribution in [0.25, 0.3) is 0 Å². The molecular formula is C12H16FN3. The Labute approximate surface area is 94.5 Å². The van der Waals surface area contributed by atoms with Crippen LogP contribution in [0.3, 0.4) is 0 Å². The van der Waals surface area contributed by atoms with Crippen LogP contribution in [0.2, 0.25) is 0 Å². The van der Waals surface area contributed by atoms with Crippen molar-refractivity contribution in [2.45, 2.75) is 31.8 Å². The second kappa shape index (κ2) is 3.70. The molecule has 1 aromatic heterocycles. The normalized spacial score (nSPS) is 27.8. The molecule has 0 aromatic carbocycles. The molecular weight excluding hydrogens is 205 g/mol. The van der Waals surface area contributed by atoms with Crippen molar-refractivity contribution in [1.29, 1.82) is 0 Å². The van der Waals surface area contributed by atoms with Gasteiger partial charge in [-0.2, -0.15) is 0 Å². The summed E-state index contributed by atoms with van der Waals surface area (Å²) in [6, 6.07) is 2.16. The van der Waals surface area contributed by atoms with Crippen LogP contribution in [0.1, 0.15) is 24.8 Å². The van der Waals surface area contributed by atoms with Crippen molar-refractivity contribution >= 4 is 5.82 Å². The number of aromatic nitrogens is 1. The summed E-state index contributed by atoms with van der Waals surface area (Å²) >= 11 is 0. The van der Waals surface area contributed by atoms with Gasteiger partial charge in [-0.1, -0.05) is 0 Å². The van der Waals surface area contributed by atoms with E-state index in [1.54, 1.807) is 12.3 Å². The van der Waals surface area contributed by atoms with E-state index >= 15 is 0 Å². The van der Waals surface area contributed by atoms with Crippen molar-refractivity contribution < 1.29 is 4.39 Å². The fourth-order valence-corrected chi connectivity index (χ4v) is 3.01. The maximum absolute atomic E-state index is 14.1. The molecule has 4 heteroatoms. The molecule has 1 saturated carbocycles. The summed E-state index contributed by atoms with van der Waals surface area (Å²) in [5, 5.41) is 0. The van der Waals surface area contributed by atoms with E-state index in [2.05, 4.69) is 9.88 Å². The van der Waals surface area contributed by atoms with Crippen molar-refractivity contribution in [3.63, 3.8) is 0 Å². The molecule has 2 fully saturated rings. The van der Waals surface area contributed by atoms with Gasteiger partial charge in [-0.25, -0.2) is 9.37 Å². The molecule has 16 heavy (non-hydrogen) atoms. The van der Waals surface area contributed by atoms with Crippen LogP contribution in [0.5, 0.6) is 0 Å². The lowest BCUT2D eigenvalue weighted by Crippen LogP contribution is -2.33. The number of hydrogen-bond donors (Lipinski definition) is 1. The molecule has 2 heterocycles. The number of hydrogen-bond acceptors (Lipinski definition) is 3. The predicted molar refractivity (Wildman–Crippen MR) is 60.6 cm³/mol. The number of halogens is 1. The lowest BCUT2D eigenvalue weighted by molar-refractivity contribution is 0.531. The van der Waals surface area contributed by atoms with E-state index in [4.69, 9.17) is 5.73 Å². The van der Waals surface area contributed by atoms with Gasteiger partial charge >= 0.3 is 0 Å². The molecule has 2 aliphatic rings. The number of fused-ring (bicyclic) bond motifs is 2. The summed E-state index contributed by atoms with van der Waals surface area (Å²) in [6.07, 6.45) is 5.33. The first-order valence-corrected chi connectivity index (χ1v) is 5.89. The maximum atomic E-state index is 14.1. The molecule has 86 valence electrons. The maximum Gasteiger partial charge on any atom is 0.170 e. The van der Waals surface area contributed by atoms with E-state index in [9.17, 15) is 4.39 Å². The topological polar surface area (TPSA) is 42.1 Å². The van der Waals surface area contributed by atoms with Crippen LogP contribution in [0.15, 0.2) is 12.3 Å². The highest BCUT2D eigenvalue weighted by atomic mass is 19.1. The first-order chi connectivity index (χ1) is 7.79. The van der Waals surface area contributed by atoms with Crippen molar-refractivity contribution in [1.82, 2.24) is 4.98 Å². The van der Waals surface area contributed by atoms with E-state index in [1.807, 2.05) is 0 Å². The first kappa shape index (κ1) is 10.0. The van der Waals surface area contributed by atoms with E-state index in [0.29, 0.717) is 17.4 Å². The van der Waals surface area contributed by atoms with E-state index in [1.165, 1.54) is 19.3 Å². The Balaban J connectivity index is 1.95. The number of piperidine rings is 1. The minimum atomic E-state index is -0.224. The van der Waals surface area contributed by atoms with Gasteiger partial charge in [-0.05, 0) is 31.2 Å². The highest BCUT2D eigenvalue weighted by molar-refractivity contribution is 5.46. The molecule has 1 aromatic rings. The van der Waals surface area contributed by atoms with Gasteiger partial charge in [0.1, 0.15) is 0 Å². The number of rotatable bonds is 2. The van der Waals surface area contributed by atoms with Crippen LogP contribution < -0.4 is 10.6 Å². The molecule has 2 atom stereocenters. The minimum absolute atomic E-state index is 0.224. The van der Waals surface area contributed by atoms with E-state index in [0.717, 1.165) is 12.5 Å². The minimum Gasteiger partial charge on any atom is -0.351 e. The zero-order valence-electron chi connectivity index (χ0n) is 9.19. The third kappa shape index (κ3) is 1.40. The third-order valence-corrected chi connectivity index (χ3v) is 3.85. The summed E-state index contributed by atoms with van der Waals surface area (Å²) < 4.78 is 14.1. The quantitative estimate of drug-likeness (QED) is 0.826. The molecule has 2 unspecified atom stereocenters. The van der Waals surface area contributed by atoms with Gasteiger partial charge in [0.2, 0.25) is 0 Å². The Morgan fingerprint density at radius 1 is 1.50 bits per heavy atom. The SMILES string of the molecule is NCc1ccnc(N2CC3CCC2C3)c1F. The lowest BCUT2D eigenvalue weighted by Gasteiger charge is -2.28. The zero-order chi connectivity index (χ0) is 11.1. The van der Waals surface area contributed by atoms with Crippen molar-refractivity contribution in [3.8, 4) is 0 Å². The molecule has 3 nitrogen and oxygen atoms in total. The molecule has 0 amide bonds. The summed E-state index contributed by atoms with van der Waals surface area (Å²) in [4.78, 5) is 6.31. The second-order valence-corrected chi connectivity index (χ2v) is 4.80. The Bertz CT molecular complexity index is 407. The Kier molecular flexibility index (Phi) is 2.32. The van der Waals surface area contributed by atoms with Gasteiger partial charge in [0, 0.05) is 30.9 Å². The van der Waals surface area contributed by atoms with Gasteiger partial charge < -0.3 is 10.6 Å². The van der Waals surface area contributed by atoms with Crippen molar-refractivity contribution in [3.05, 3.63) is 23.6 Å². The predicted octanol–water partition coefficient (Wildman–Crippen LogP) is 1.67. The standard InChI is InChI=1S/C12H16FN3/c13-11-9(6-14)3-4-15-12(11)16-7-8-1-2-10(16)5-8/h3-4,8,10H,1-2,5-7,14H2. The Hall–Kier alpha value is -1.16. The van der Waals surface area contributed by atoms with E-state index < -0.39 is 0 Å². The smallest absolute Gasteiger partial charge is 0.170 e. The van der Waals surface area contributed by atoms with Crippen LogP contribution in [-0.2, 0) is 6.54 Å². The first-order valence-electron chi connectivity index (χ1n) is 5.89. The Morgan fingerprint density at radius 2 is 2.38 bits per heavy atom. The average molecular weight is 221 g/mol. The monoisotopic (exact) mass is 221 g/mol. The molecule has 1 aliphatic heterocycles. The largest absolute Gasteiger partial charge is 0.351 e. The van der Waals surface area contributed by atoms with Crippen LogP contribution >= 0.6 is 0 Å². The molecule has 1 saturated heterocycles. The van der Waals surface area contributed by atoms with Crippen LogP contribution in [0.4, 0.5) is 10.2 Å². The van der Waals surface area contributed by atoms with E-state index in [-0.39, 0.29) is 12.4 Å². The molecule has 2 bridgehead atoms.